The average Bonchev–Trinajstić information content (AvgIpc) is 2.82. The van der Waals surface area contributed by atoms with E-state index < -0.39 is 0 Å². The Kier molecular flexibility index (Phi) is 3.12. The molecule has 5 nitrogen and oxygen atoms in total. The van der Waals surface area contributed by atoms with Gasteiger partial charge in [-0.15, -0.1) is 10.2 Å². The summed E-state index contributed by atoms with van der Waals surface area (Å²) in [4.78, 5) is 11.9. The van der Waals surface area contributed by atoms with Crippen LogP contribution in [0.3, 0.4) is 0 Å². The van der Waals surface area contributed by atoms with Crippen LogP contribution in [0.2, 0.25) is 0 Å². The molecular weight excluding hydrogens is 259 g/mol. The predicted molar refractivity (Wildman–Crippen MR) is 71.7 cm³/mol. The summed E-state index contributed by atoms with van der Waals surface area (Å²) < 4.78 is 14.7. The molecule has 1 aromatic carbocycles. The summed E-state index contributed by atoms with van der Waals surface area (Å²) in [5.74, 6) is -0.279. The lowest BCUT2D eigenvalue weighted by Gasteiger charge is -2.03. The number of carbonyl (C=O) groups excluding carboxylic acids is 1. The molecule has 0 atom stereocenters. The van der Waals surface area contributed by atoms with Crippen molar-refractivity contribution in [3.05, 3.63) is 60.0 Å². The number of nitrogens with zero attached hydrogens (tertiary/aromatic N) is 3. The summed E-state index contributed by atoms with van der Waals surface area (Å²) in [6.45, 7) is 0. The predicted octanol–water partition coefficient (Wildman–Crippen LogP) is 2.05. The number of hydrogen-bond donors (Lipinski definition) is 1. The molecule has 0 saturated heterocycles. The normalized spacial score (nSPS) is 10.7. The number of carbonyl (C=O) groups is 1. The zero-order chi connectivity index (χ0) is 13.9. The molecule has 1 amide bonds. The van der Waals surface area contributed by atoms with Crippen LogP contribution in [0.25, 0.3) is 5.65 Å². The summed E-state index contributed by atoms with van der Waals surface area (Å²) in [7, 11) is 0. The number of amides is 1. The quantitative estimate of drug-likeness (QED) is 0.792. The summed E-state index contributed by atoms with van der Waals surface area (Å²) >= 11 is 0. The lowest BCUT2D eigenvalue weighted by Crippen LogP contribution is -2.16. The molecule has 0 aliphatic heterocycles. The number of hydrogen-bond acceptors (Lipinski definition) is 3. The van der Waals surface area contributed by atoms with E-state index in [4.69, 9.17) is 0 Å². The van der Waals surface area contributed by atoms with Crippen molar-refractivity contribution in [2.75, 3.05) is 5.32 Å². The Labute approximate surface area is 114 Å². The Morgan fingerprint density at radius 3 is 2.95 bits per heavy atom. The fraction of sp³-hybridized carbons (Fsp3) is 0.0714. The van der Waals surface area contributed by atoms with E-state index in [1.165, 1.54) is 12.1 Å². The highest BCUT2D eigenvalue weighted by molar-refractivity contribution is 5.90. The SMILES string of the molecule is O=C(Cc1cccc(F)c1)Nc1nnc2ccccn12. The van der Waals surface area contributed by atoms with Crippen molar-refractivity contribution in [2.24, 2.45) is 0 Å². The monoisotopic (exact) mass is 270 g/mol. The molecule has 0 bridgehead atoms. The summed E-state index contributed by atoms with van der Waals surface area (Å²) in [6, 6.07) is 11.4. The lowest BCUT2D eigenvalue weighted by atomic mass is 10.1. The zero-order valence-electron chi connectivity index (χ0n) is 10.5. The topological polar surface area (TPSA) is 59.3 Å². The van der Waals surface area contributed by atoms with E-state index in [0.717, 1.165) is 0 Å². The third-order valence-electron chi connectivity index (χ3n) is 2.82. The Morgan fingerprint density at radius 1 is 1.20 bits per heavy atom. The molecule has 0 aliphatic rings. The number of pyridine rings is 1. The van der Waals surface area contributed by atoms with Crippen LogP contribution in [0.1, 0.15) is 5.56 Å². The van der Waals surface area contributed by atoms with Crippen molar-refractivity contribution in [1.82, 2.24) is 14.6 Å². The smallest absolute Gasteiger partial charge is 0.235 e. The van der Waals surface area contributed by atoms with E-state index in [2.05, 4.69) is 15.5 Å². The molecule has 100 valence electrons. The number of fused-ring (bicyclic) bond motifs is 1. The Balaban J connectivity index is 1.76. The molecule has 3 aromatic rings. The fourth-order valence-corrected chi connectivity index (χ4v) is 1.93. The van der Waals surface area contributed by atoms with Gasteiger partial charge in [-0.3, -0.25) is 14.5 Å². The van der Waals surface area contributed by atoms with Crippen molar-refractivity contribution in [3.8, 4) is 0 Å². The molecule has 2 heterocycles. The van der Waals surface area contributed by atoms with Crippen LogP contribution in [0.15, 0.2) is 48.7 Å². The number of aromatic nitrogens is 3. The van der Waals surface area contributed by atoms with Gasteiger partial charge in [-0.05, 0) is 29.8 Å². The van der Waals surface area contributed by atoms with Gasteiger partial charge >= 0.3 is 0 Å². The number of benzene rings is 1. The van der Waals surface area contributed by atoms with Crippen LogP contribution in [0.4, 0.5) is 10.3 Å². The van der Waals surface area contributed by atoms with Crippen LogP contribution in [-0.2, 0) is 11.2 Å². The first-order chi connectivity index (χ1) is 9.72. The second-order valence-electron chi connectivity index (χ2n) is 4.31. The first kappa shape index (κ1) is 12.3. The van der Waals surface area contributed by atoms with Crippen LogP contribution < -0.4 is 5.32 Å². The van der Waals surface area contributed by atoms with Crippen LogP contribution in [-0.4, -0.2) is 20.5 Å². The minimum Gasteiger partial charge on any atom is -0.294 e. The average molecular weight is 270 g/mol. The van der Waals surface area contributed by atoms with Gasteiger partial charge in [0.25, 0.3) is 0 Å². The maximum atomic E-state index is 13.0. The van der Waals surface area contributed by atoms with Crippen molar-refractivity contribution in [2.45, 2.75) is 6.42 Å². The number of anilines is 1. The standard InChI is InChI=1S/C14H11FN4O/c15-11-5-3-4-10(8-11)9-13(20)16-14-18-17-12-6-1-2-7-19(12)14/h1-8H,9H2,(H,16,18,20). The first-order valence-electron chi connectivity index (χ1n) is 6.06. The van der Waals surface area contributed by atoms with E-state index >= 15 is 0 Å². The fourth-order valence-electron chi connectivity index (χ4n) is 1.93. The maximum Gasteiger partial charge on any atom is 0.235 e. The van der Waals surface area contributed by atoms with Crippen LogP contribution in [0.5, 0.6) is 0 Å². The molecular formula is C14H11FN4O. The zero-order valence-corrected chi connectivity index (χ0v) is 10.5. The molecule has 0 fully saturated rings. The molecule has 2 aromatic heterocycles. The molecule has 6 heteroatoms. The van der Waals surface area contributed by atoms with Gasteiger partial charge in [-0.2, -0.15) is 0 Å². The molecule has 0 spiro atoms. The summed E-state index contributed by atoms with van der Waals surface area (Å²) in [5.41, 5.74) is 1.25. The van der Waals surface area contributed by atoms with Crippen molar-refractivity contribution in [3.63, 3.8) is 0 Å². The first-order valence-corrected chi connectivity index (χ1v) is 6.06. The lowest BCUT2D eigenvalue weighted by molar-refractivity contribution is -0.115. The third kappa shape index (κ3) is 2.49. The Bertz CT molecular complexity index is 768. The number of rotatable bonds is 3. The van der Waals surface area contributed by atoms with Gasteiger partial charge in [0.1, 0.15) is 5.82 Å². The van der Waals surface area contributed by atoms with Gasteiger partial charge in [-0.1, -0.05) is 18.2 Å². The van der Waals surface area contributed by atoms with Crippen LogP contribution in [0, 0.1) is 5.82 Å². The van der Waals surface area contributed by atoms with Gasteiger partial charge in [0.05, 0.1) is 6.42 Å². The van der Waals surface area contributed by atoms with E-state index in [0.29, 0.717) is 17.2 Å². The van der Waals surface area contributed by atoms with Gasteiger partial charge in [0.2, 0.25) is 11.9 Å². The van der Waals surface area contributed by atoms with E-state index in [1.807, 2.05) is 12.1 Å². The van der Waals surface area contributed by atoms with Crippen molar-refractivity contribution >= 4 is 17.5 Å². The van der Waals surface area contributed by atoms with Gasteiger partial charge < -0.3 is 0 Å². The second-order valence-corrected chi connectivity index (χ2v) is 4.31. The van der Waals surface area contributed by atoms with E-state index in [-0.39, 0.29) is 18.1 Å². The highest BCUT2D eigenvalue weighted by atomic mass is 19.1. The third-order valence-corrected chi connectivity index (χ3v) is 2.82. The highest BCUT2D eigenvalue weighted by Crippen LogP contribution is 2.09. The Morgan fingerprint density at radius 2 is 2.10 bits per heavy atom. The summed E-state index contributed by atoms with van der Waals surface area (Å²) in [6.07, 6.45) is 1.84. The molecule has 20 heavy (non-hydrogen) atoms. The van der Waals surface area contributed by atoms with Crippen molar-refractivity contribution < 1.29 is 9.18 Å². The van der Waals surface area contributed by atoms with Crippen LogP contribution >= 0.6 is 0 Å². The molecule has 1 N–H and O–H groups in total. The molecule has 0 unspecified atom stereocenters. The minimum atomic E-state index is -0.358. The highest BCUT2D eigenvalue weighted by Gasteiger charge is 2.09. The number of nitrogens with one attached hydrogen (secondary N) is 1. The minimum absolute atomic E-state index is 0.0828. The molecule has 3 rings (SSSR count). The van der Waals surface area contributed by atoms with Gasteiger partial charge in [0.15, 0.2) is 5.65 Å². The van der Waals surface area contributed by atoms with E-state index in [9.17, 15) is 9.18 Å². The molecule has 0 saturated carbocycles. The summed E-state index contributed by atoms with van der Waals surface area (Å²) in [5, 5.41) is 10.5. The van der Waals surface area contributed by atoms with Crippen molar-refractivity contribution in [1.29, 1.82) is 0 Å². The Hall–Kier alpha value is -2.76. The largest absolute Gasteiger partial charge is 0.294 e. The van der Waals surface area contributed by atoms with E-state index in [1.54, 1.807) is 28.8 Å². The van der Waals surface area contributed by atoms with Gasteiger partial charge in [0, 0.05) is 6.20 Å². The second kappa shape index (κ2) is 5.08. The number of halogens is 1. The molecule has 0 aliphatic carbocycles. The van der Waals surface area contributed by atoms with Gasteiger partial charge in [-0.25, -0.2) is 4.39 Å². The molecule has 0 radical (unpaired) electrons. The maximum absolute atomic E-state index is 13.0.